The fraction of sp³-hybridized carbons (Fsp3) is 0.556. The van der Waals surface area contributed by atoms with E-state index < -0.39 is 0 Å². The van der Waals surface area contributed by atoms with Gasteiger partial charge in [0.25, 0.3) is 5.91 Å². The predicted octanol–water partition coefficient (Wildman–Crippen LogP) is 0.622. The summed E-state index contributed by atoms with van der Waals surface area (Å²) in [6.07, 6.45) is 2.79. The number of carbonyl (C=O) groups excluding carboxylic acids is 1. The monoisotopic (exact) mass is 373 g/mol. The van der Waals surface area contributed by atoms with Crippen LogP contribution in [0.25, 0.3) is 0 Å². The number of nitrogens with zero attached hydrogens (tertiary/aromatic N) is 5. The zero-order valence-electron chi connectivity index (χ0n) is 16.3. The molecule has 0 unspecified atom stereocenters. The molecule has 0 saturated carbocycles. The summed E-state index contributed by atoms with van der Waals surface area (Å²) in [7, 11) is 3.25. The third-order valence-electron chi connectivity index (χ3n) is 4.91. The quantitative estimate of drug-likeness (QED) is 0.734. The third-order valence-corrected chi connectivity index (χ3v) is 4.91. The van der Waals surface area contributed by atoms with Crippen LogP contribution in [0.3, 0.4) is 0 Å². The van der Waals surface area contributed by atoms with Crippen molar-refractivity contribution < 1.29 is 9.53 Å². The summed E-state index contributed by atoms with van der Waals surface area (Å²) in [6, 6.07) is 2.33. The summed E-state index contributed by atoms with van der Waals surface area (Å²) < 4.78 is 7.00. The van der Waals surface area contributed by atoms with Gasteiger partial charge in [-0.3, -0.25) is 4.79 Å². The number of anilines is 1. The fourth-order valence-electron chi connectivity index (χ4n) is 3.25. The van der Waals surface area contributed by atoms with Crippen LogP contribution in [0.1, 0.15) is 34.0 Å². The van der Waals surface area contributed by atoms with Crippen LogP contribution < -0.4 is 15.5 Å². The van der Waals surface area contributed by atoms with Gasteiger partial charge in [0.05, 0.1) is 5.69 Å². The van der Waals surface area contributed by atoms with E-state index >= 15 is 0 Å². The highest BCUT2D eigenvalue weighted by molar-refractivity contribution is 5.90. The van der Waals surface area contributed by atoms with E-state index in [1.54, 1.807) is 20.4 Å². The van der Waals surface area contributed by atoms with Gasteiger partial charge >= 0.3 is 0 Å². The van der Waals surface area contributed by atoms with Crippen LogP contribution in [0.4, 0.5) is 5.82 Å². The van der Waals surface area contributed by atoms with Crippen molar-refractivity contribution in [1.29, 1.82) is 0 Å². The molecule has 2 N–H and O–H groups in total. The van der Waals surface area contributed by atoms with E-state index in [2.05, 4.69) is 30.6 Å². The molecule has 0 aliphatic carbocycles. The molecule has 1 atom stereocenters. The molecule has 27 heavy (non-hydrogen) atoms. The first kappa shape index (κ1) is 19.2. The molecule has 2 aromatic rings. The highest BCUT2D eigenvalue weighted by Gasteiger charge is 2.26. The van der Waals surface area contributed by atoms with Crippen molar-refractivity contribution in [3.63, 3.8) is 0 Å². The van der Waals surface area contributed by atoms with E-state index in [1.165, 1.54) is 0 Å². The van der Waals surface area contributed by atoms with Crippen molar-refractivity contribution in [3.05, 3.63) is 35.0 Å². The first-order valence-electron chi connectivity index (χ1n) is 9.08. The van der Waals surface area contributed by atoms with Crippen LogP contribution in [-0.2, 0) is 18.0 Å². The lowest BCUT2D eigenvalue weighted by Crippen LogP contribution is -2.33. The molecule has 1 aliphatic rings. The van der Waals surface area contributed by atoms with Crippen LogP contribution in [-0.4, -0.2) is 58.9 Å². The fourth-order valence-corrected chi connectivity index (χ4v) is 3.25. The summed E-state index contributed by atoms with van der Waals surface area (Å²) >= 11 is 0. The Kier molecular flexibility index (Phi) is 6.02. The molecule has 1 fully saturated rings. The summed E-state index contributed by atoms with van der Waals surface area (Å²) in [5, 5.41) is 10.4. The van der Waals surface area contributed by atoms with Crippen LogP contribution >= 0.6 is 0 Å². The molecule has 9 nitrogen and oxygen atoms in total. The molecule has 0 bridgehead atoms. The summed E-state index contributed by atoms with van der Waals surface area (Å²) in [5.74, 6) is 0.796. The SMILES string of the molecule is CNC(=O)c1nc(C)c(C)c(N2CC[C@@H](NCc3ccnn3COC)C2)n1. The molecule has 1 amide bonds. The van der Waals surface area contributed by atoms with Gasteiger partial charge in [-0.1, -0.05) is 0 Å². The van der Waals surface area contributed by atoms with Gasteiger partial charge in [0.15, 0.2) is 0 Å². The Morgan fingerprint density at radius 1 is 1.37 bits per heavy atom. The van der Waals surface area contributed by atoms with Crippen LogP contribution in [0, 0.1) is 13.8 Å². The first-order valence-corrected chi connectivity index (χ1v) is 9.08. The van der Waals surface area contributed by atoms with Crippen LogP contribution in [0.2, 0.25) is 0 Å². The second-order valence-electron chi connectivity index (χ2n) is 6.71. The molecule has 3 heterocycles. The van der Waals surface area contributed by atoms with E-state index in [1.807, 2.05) is 24.6 Å². The summed E-state index contributed by atoms with van der Waals surface area (Å²) in [5.41, 5.74) is 2.94. The molecule has 146 valence electrons. The van der Waals surface area contributed by atoms with E-state index in [4.69, 9.17) is 4.74 Å². The average molecular weight is 373 g/mol. The van der Waals surface area contributed by atoms with E-state index in [0.29, 0.717) is 12.8 Å². The Labute approximate surface area is 159 Å². The molecule has 3 rings (SSSR count). The Morgan fingerprint density at radius 2 is 2.19 bits per heavy atom. The van der Waals surface area contributed by atoms with Gasteiger partial charge in [0, 0.05) is 57.3 Å². The standard InChI is InChI=1S/C18H27N7O2/c1-12-13(2)22-16(18(26)19-3)23-17(12)24-8-6-14(10-24)20-9-15-5-7-21-25(15)11-27-4/h5,7,14,20H,6,8-11H2,1-4H3,(H,19,26)/t14-/m1/s1. The highest BCUT2D eigenvalue weighted by atomic mass is 16.5. The second kappa shape index (κ2) is 8.45. The van der Waals surface area contributed by atoms with Crippen molar-refractivity contribution in [2.75, 3.05) is 32.1 Å². The summed E-state index contributed by atoms with van der Waals surface area (Å²) in [6.45, 7) is 6.82. The number of methoxy groups -OCH3 is 1. The third kappa shape index (κ3) is 4.25. The number of nitrogens with one attached hydrogen (secondary N) is 2. The predicted molar refractivity (Wildman–Crippen MR) is 102 cm³/mol. The number of ether oxygens (including phenoxy) is 1. The summed E-state index contributed by atoms with van der Waals surface area (Å²) in [4.78, 5) is 23.0. The van der Waals surface area contributed by atoms with Crippen molar-refractivity contribution in [2.45, 2.75) is 39.6 Å². The lowest BCUT2D eigenvalue weighted by Gasteiger charge is -2.21. The Morgan fingerprint density at radius 3 is 2.93 bits per heavy atom. The van der Waals surface area contributed by atoms with Gasteiger partial charge in [-0.05, 0) is 26.3 Å². The number of hydrogen-bond donors (Lipinski definition) is 2. The minimum atomic E-state index is -0.264. The molecule has 0 aromatic carbocycles. The van der Waals surface area contributed by atoms with E-state index in [9.17, 15) is 4.79 Å². The van der Waals surface area contributed by atoms with Gasteiger partial charge in [-0.25, -0.2) is 14.6 Å². The van der Waals surface area contributed by atoms with Gasteiger partial charge in [0.2, 0.25) is 5.82 Å². The van der Waals surface area contributed by atoms with E-state index in [0.717, 1.165) is 48.8 Å². The van der Waals surface area contributed by atoms with Crippen molar-refractivity contribution in [3.8, 4) is 0 Å². The molecule has 0 spiro atoms. The zero-order valence-corrected chi connectivity index (χ0v) is 16.3. The Bertz CT molecular complexity index is 805. The van der Waals surface area contributed by atoms with Gasteiger partial charge in [-0.2, -0.15) is 5.10 Å². The molecule has 0 radical (unpaired) electrons. The molecule has 2 aromatic heterocycles. The maximum absolute atomic E-state index is 11.9. The number of aromatic nitrogens is 4. The molecule has 1 aliphatic heterocycles. The normalized spacial score (nSPS) is 16.7. The molecule has 9 heteroatoms. The maximum atomic E-state index is 11.9. The Hall–Kier alpha value is -2.52. The average Bonchev–Trinajstić information content (AvgIpc) is 3.31. The molecular formula is C18H27N7O2. The minimum Gasteiger partial charge on any atom is -0.362 e. The largest absolute Gasteiger partial charge is 0.362 e. The van der Waals surface area contributed by atoms with Gasteiger partial charge in [0.1, 0.15) is 12.5 Å². The number of amides is 1. The zero-order chi connectivity index (χ0) is 19.4. The molecular weight excluding hydrogens is 346 g/mol. The number of rotatable bonds is 7. The van der Waals surface area contributed by atoms with Crippen molar-refractivity contribution in [1.82, 2.24) is 30.4 Å². The van der Waals surface area contributed by atoms with Crippen molar-refractivity contribution >= 4 is 11.7 Å². The highest BCUT2D eigenvalue weighted by Crippen LogP contribution is 2.24. The second-order valence-corrected chi connectivity index (χ2v) is 6.71. The van der Waals surface area contributed by atoms with Crippen molar-refractivity contribution in [2.24, 2.45) is 0 Å². The Balaban J connectivity index is 1.66. The lowest BCUT2D eigenvalue weighted by atomic mass is 10.2. The number of carbonyl (C=O) groups is 1. The lowest BCUT2D eigenvalue weighted by molar-refractivity contribution is 0.0952. The first-order chi connectivity index (χ1) is 13.0. The number of hydrogen-bond acceptors (Lipinski definition) is 7. The topological polar surface area (TPSA) is 97.2 Å². The minimum absolute atomic E-state index is 0.218. The van der Waals surface area contributed by atoms with Gasteiger partial charge in [-0.15, -0.1) is 0 Å². The maximum Gasteiger partial charge on any atom is 0.288 e. The number of aryl methyl sites for hydroxylation is 1. The van der Waals surface area contributed by atoms with Crippen LogP contribution in [0.5, 0.6) is 0 Å². The van der Waals surface area contributed by atoms with Gasteiger partial charge < -0.3 is 20.3 Å². The molecule has 1 saturated heterocycles. The smallest absolute Gasteiger partial charge is 0.288 e. The van der Waals surface area contributed by atoms with E-state index in [-0.39, 0.29) is 11.7 Å². The van der Waals surface area contributed by atoms with Crippen LogP contribution in [0.15, 0.2) is 12.3 Å².